The predicted molar refractivity (Wildman–Crippen MR) is 95.9 cm³/mol. The number of fused-ring (bicyclic) bond motifs is 1. The van der Waals surface area contributed by atoms with Crippen molar-refractivity contribution in [2.24, 2.45) is 0 Å². The SMILES string of the molecule is O=C(NCCOc1cccc2ccccc12)c1cccc(Br)c1. The number of amides is 1. The monoisotopic (exact) mass is 369 g/mol. The maximum atomic E-state index is 12.0. The summed E-state index contributed by atoms with van der Waals surface area (Å²) in [7, 11) is 0. The summed E-state index contributed by atoms with van der Waals surface area (Å²) in [4.78, 5) is 12.0. The van der Waals surface area contributed by atoms with E-state index in [-0.39, 0.29) is 5.91 Å². The highest BCUT2D eigenvalue weighted by molar-refractivity contribution is 9.10. The second kappa shape index (κ2) is 7.29. The van der Waals surface area contributed by atoms with Crippen molar-refractivity contribution in [2.75, 3.05) is 13.2 Å². The zero-order valence-corrected chi connectivity index (χ0v) is 14.0. The summed E-state index contributed by atoms with van der Waals surface area (Å²) in [6.45, 7) is 0.877. The number of ether oxygens (including phenoxy) is 1. The summed E-state index contributed by atoms with van der Waals surface area (Å²) in [5.41, 5.74) is 0.629. The van der Waals surface area contributed by atoms with Crippen LogP contribution in [0.5, 0.6) is 5.75 Å². The highest BCUT2D eigenvalue weighted by Gasteiger charge is 2.05. The molecule has 0 aromatic heterocycles. The quantitative estimate of drug-likeness (QED) is 0.676. The summed E-state index contributed by atoms with van der Waals surface area (Å²) in [6, 6.07) is 21.3. The molecule has 0 saturated carbocycles. The third-order valence-electron chi connectivity index (χ3n) is 3.48. The lowest BCUT2D eigenvalue weighted by atomic mass is 10.1. The maximum Gasteiger partial charge on any atom is 0.251 e. The molecular formula is C19H16BrNO2. The largest absolute Gasteiger partial charge is 0.491 e. The van der Waals surface area contributed by atoms with Crippen LogP contribution in [-0.4, -0.2) is 19.1 Å². The fourth-order valence-corrected chi connectivity index (χ4v) is 2.78. The lowest BCUT2D eigenvalue weighted by Crippen LogP contribution is -2.28. The summed E-state index contributed by atoms with van der Waals surface area (Å²) in [6.07, 6.45) is 0. The highest BCUT2D eigenvalue weighted by atomic mass is 79.9. The number of hydrogen-bond donors (Lipinski definition) is 1. The van der Waals surface area contributed by atoms with Crippen molar-refractivity contribution in [3.8, 4) is 5.75 Å². The molecule has 0 atom stereocenters. The molecule has 0 bridgehead atoms. The minimum absolute atomic E-state index is 0.104. The molecule has 0 aliphatic rings. The molecule has 0 aliphatic carbocycles. The summed E-state index contributed by atoms with van der Waals surface area (Å²) >= 11 is 3.36. The molecule has 116 valence electrons. The number of hydrogen-bond acceptors (Lipinski definition) is 2. The van der Waals surface area contributed by atoms with Crippen molar-refractivity contribution in [3.63, 3.8) is 0 Å². The maximum absolute atomic E-state index is 12.0. The Balaban J connectivity index is 1.56. The molecule has 3 rings (SSSR count). The van der Waals surface area contributed by atoms with Gasteiger partial charge < -0.3 is 10.1 Å². The van der Waals surface area contributed by atoms with Gasteiger partial charge in [0.2, 0.25) is 0 Å². The van der Waals surface area contributed by atoms with Crippen molar-refractivity contribution >= 4 is 32.6 Å². The van der Waals surface area contributed by atoms with Crippen LogP contribution in [0.3, 0.4) is 0 Å². The lowest BCUT2D eigenvalue weighted by Gasteiger charge is -2.10. The van der Waals surface area contributed by atoms with E-state index < -0.39 is 0 Å². The van der Waals surface area contributed by atoms with Crippen LogP contribution in [0.4, 0.5) is 0 Å². The van der Waals surface area contributed by atoms with Crippen LogP contribution in [0.1, 0.15) is 10.4 Å². The van der Waals surface area contributed by atoms with Crippen molar-refractivity contribution in [1.29, 1.82) is 0 Å². The molecule has 0 spiro atoms. The molecule has 0 radical (unpaired) electrons. The highest BCUT2D eigenvalue weighted by Crippen LogP contribution is 2.24. The van der Waals surface area contributed by atoms with Crippen LogP contribution in [0.2, 0.25) is 0 Å². The number of carbonyl (C=O) groups excluding carboxylic acids is 1. The fraction of sp³-hybridized carbons (Fsp3) is 0.105. The van der Waals surface area contributed by atoms with E-state index in [0.29, 0.717) is 18.7 Å². The molecule has 4 heteroatoms. The first kappa shape index (κ1) is 15.6. The third kappa shape index (κ3) is 3.90. The van der Waals surface area contributed by atoms with E-state index in [1.807, 2.05) is 42.5 Å². The van der Waals surface area contributed by atoms with Gasteiger partial charge in [0.15, 0.2) is 0 Å². The number of nitrogens with one attached hydrogen (secondary N) is 1. The molecule has 3 nitrogen and oxygen atoms in total. The Hall–Kier alpha value is -2.33. The summed E-state index contributed by atoms with van der Waals surface area (Å²) in [5.74, 6) is 0.729. The van der Waals surface area contributed by atoms with Gasteiger partial charge in [0.05, 0.1) is 6.54 Å². The van der Waals surface area contributed by atoms with Crippen molar-refractivity contribution in [2.45, 2.75) is 0 Å². The Morgan fingerprint density at radius 1 is 1.00 bits per heavy atom. The van der Waals surface area contributed by atoms with E-state index in [2.05, 4.69) is 33.4 Å². The fourth-order valence-electron chi connectivity index (χ4n) is 2.38. The van der Waals surface area contributed by atoms with Crippen LogP contribution < -0.4 is 10.1 Å². The molecule has 23 heavy (non-hydrogen) atoms. The standard InChI is InChI=1S/C19H16BrNO2/c20-16-8-3-7-15(13-16)19(22)21-11-12-23-18-10-4-6-14-5-1-2-9-17(14)18/h1-10,13H,11-12H2,(H,21,22). The van der Waals surface area contributed by atoms with Gasteiger partial charge in [0.1, 0.15) is 12.4 Å². The zero-order chi connectivity index (χ0) is 16.1. The van der Waals surface area contributed by atoms with Gasteiger partial charge in [-0.25, -0.2) is 0 Å². The number of rotatable bonds is 5. The van der Waals surface area contributed by atoms with Crippen molar-refractivity contribution in [1.82, 2.24) is 5.32 Å². The van der Waals surface area contributed by atoms with Crippen LogP contribution in [0.15, 0.2) is 71.2 Å². The average molecular weight is 370 g/mol. The number of carbonyl (C=O) groups is 1. The van der Waals surface area contributed by atoms with Gasteiger partial charge in [-0.15, -0.1) is 0 Å². The Bertz CT molecular complexity index is 827. The first-order valence-electron chi connectivity index (χ1n) is 7.38. The van der Waals surface area contributed by atoms with Gasteiger partial charge in [0.25, 0.3) is 5.91 Å². The molecular weight excluding hydrogens is 354 g/mol. The van der Waals surface area contributed by atoms with Crippen molar-refractivity contribution < 1.29 is 9.53 Å². The Labute approximate surface area is 143 Å². The van der Waals surface area contributed by atoms with E-state index in [0.717, 1.165) is 21.0 Å². The topological polar surface area (TPSA) is 38.3 Å². The summed E-state index contributed by atoms with van der Waals surface area (Å²) < 4.78 is 6.69. The predicted octanol–water partition coefficient (Wildman–Crippen LogP) is 4.41. The molecule has 0 heterocycles. The van der Waals surface area contributed by atoms with Crippen LogP contribution in [-0.2, 0) is 0 Å². The van der Waals surface area contributed by atoms with E-state index in [9.17, 15) is 4.79 Å². The van der Waals surface area contributed by atoms with Gasteiger partial charge in [-0.1, -0.05) is 58.4 Å². The van der Waals surface area contributed by atoms with Gasteiger partial charge in [-0.2, -0.15) is 0 Å². The summed E-state index contributed by atoms with van der Waals surface area (Å²) in [5, 5.41) is 5.08. The van der Waals surface area contributed by atoms with E-state index >= 15 is 0 Å². The average Bonchev–Trinajstić information content (AvgIpc) is 2.58. The minimum atomic E-state index is -0.104. The Morgan fingerprint density at radius 2 is 1.78 bits per heavy atom. The Morgan fingerprint density at radius 3 is 2.65 bits per heavy atom. The Kier molecular flexibility index (Phi) is 4.93. The molecule has 3 aromatic rings. The molecule has 1 N–H and O–H groups in total. The molecule has 0 unspecified atom stereocenters. The van der Waals surface area contributed by atoms with Crippen LogP contribution >= 0.6 is 15.9 Å². The van der Waals surface area contributed by atoms with Gasteiger partial charge in [-0.05, 0) is 29.7 Å². The number of benzene rings is 3. The molecule has 1 amide bonds. The first-order valence-corrected chi connectivity index (χ1v) is 8.18. The molecule has 0 fully saturated rings. The molecule has 0 aliphatic heterocycles. The van der Waals surface area contributed by atoms with Gasteiger partial charge in [0, 0.05) is 15.4 Å². The lowest BCUT2D eigenvalue weighted by molar-refractivity contribution is 0.0947. The minimum Gasteiger partial charge on any atom is -0.491 e. The normalized spacial score (nSPS) is 10.5. The second-order valence-corrected chi connectivity index (χ2v) is 6.01. The van der Waals surface area contributed by atoms with Gasteiger partial charge in [-0.3, -0.25) is 4.79 Å². The molecule has 0 saturated heterocycles. The first-order chi connectivity index (χ1) is 11.2. The second-order valence-electron chi connectivity index (χ2n) is 5.09. The molecule has 3 aromatic carbocycles. The van der Waals surface area contributed by atoms with Crippen LogP contribution in [0, 0.1) is 0 Å². The van der Waals surface area contributed by atoms with E-state index in [1.165, 1.54) is 0 Å². The number of halogens is 1. The van der Waals surface area contributed by atoms with Crippen molar-refractivity contribution in [3.05, 3.63) is 76.8 Å². The van der Waals surface area contributed by atoms with Gasteiger partial charge >= 0.3 is 0 Å². The zero-order valence-electron chi connectivity index (χ0n) is 12.5. The van der Waals surface area contributed by atoms with E-state index in [4.69, 9.17) is 4.74 Å². The third-order valence-corrected chi connectivity index (χ3v) is 3.97. The van der Waals surface area contributed by atoms with E-state index in [1.54, 1.807) is 12.1 Å². The van der Waals surface area contributed by atoms with Crippen LogP contribution in [0.25, 0.3) is 10.8 Å². The smallest absolute Gasteiger partial charge is 0.251 e.